The number of amides is 3. The lowest BCUT2D eigenvalue weighted by atomic mass is 9.96. The van der Waals surface area contributed by atoms with Crippen LogP contribution in [0.2, 0.25) is 5.02 Å². The molecule has 0 radical (unpaired) electrons. The lowest BCUT2D eigenvalue weighted by Gasteiger charge is -2.22. The second kappa shape index (κ2) is 10.7. The van der Waals surface area contributed by atoms with Crippen molar-refractivity contribution in [3.05, 3.63) is 58.6 Å². The first kappa shape index (κ1) is 23.9. The molecule has 172 valence electrons. The number of nitrogens with one attached hydrogen (secondary N) is 3. The average Bonchev–Trinajstić information content (AvgIpc) is 2.78. The highest BCUT2D eigenvalue weighted by atomic mass is 35.5. The number of rotatable bonds is 7. The molecule has 2 aromatic carbocycles. The molecule has 0 aromatic heterocycles. The third-order valence-corrected chi connectivity index (χ3v) is 6.84. The molecule has 0 saturated heterocycles. The average molecular weight is 480 g/mol. The number of hydrogen-bond donors (Lipinski definition) is 3. The third-order valence-electron chi connectivity index (χ3n) is 5.26. The Morgan fingerprint density at radius 1 is 1.06 bits per heavy atom. The predicted octanol–water partition coefficient (Wildman–Crippen LogP) is 3.60. The molecule has 3 rings (SSSR count). The molecular formula is C22H26ClN3O5S. The van der Waals surface area contributed by atoms with Gasteiger partial charge < -0.3 is 15.4 Å². The molecule has 0 bridgehead atoms. The number of urea groups is 1. The van der Waals surface area contributed by atoms with Crippen LogP contribution in [0, 0.1) is 0 Å². The van der Waals surface area contributed by atoms with Crippen molar-refractivity contribution in [3.63, 3.8) is 0 Å². The van der Waals surface area contributed by atoms with Crippen molar-refractivity contribution in [2.45, 2.75) is 49.6 Å². The van der Waals surface area contributed by atoms with E-state index in [4.69, 9.17) is 16.3 Å². The van der Waals surface area contributed by atoms with Crippen LogP contribution in [-0.2, 0) is 16.6 Å². The van der Waals surface area contributed by atoms with Crippen LogP contribution in [0.15, 0.2) is 47.4 Å². The van der Waals surface area contributed by atoms with Gasteiger partial charge in [-0.15, -0.1) is 0 Å². The standard InChI is InChI=1S/C22H26ClN3O5S/c1-31-20-12-9-16(23)13-19(20)21(27)24-14-15-7-10-18(11-8-15)32(29,30)26-22(28)25-17-5-3-2-4-6-17/h7-13,17H,2-6,14H2,1H3,(H,24,27)(H2,25,26,28). The number of carbonyl (C=O) groups is 2. The van der Waals surface area contributed by atoms with E-state index in [0.717, 1.165) is 32.1 Å². The quantitative estimate of drug-likeness (QED) is 0.561. The SMILES string of the molecule is COc1ccc(Cl)cc1C(=O)NCc1ccc(S(=O)(=O)NC(=O)NC2CCCCC2)cc1. The molecule has 8 nitrogen and oxygen atoms in total. The molecule has 0 aliphatic heterocycles. The van der Waals surface area contributed by atoms with E-state index >= 15 is 0 Å². The van der Waals surface area contributed by atoms with Crippen LogP contribution in [0.4, 0.5) is 4.79 Å². The molecular weight excluding hydrogens is 454 g/mol. The maximum absolute atomic E-state index is 12.5. The van der Waals surface area contributed by atoms with Gasteiger partial charge in [0.25, 0.3) is 15.9 Å². The van der Waals surface area contributed by atoms with E-state index in [-0.39, 0.29) is 23.4 Å². The van der Waals surface area contributed by atoms with Crippen molar-refractivity contribution in [3.8, 4) is 5.75 Å². The molecule has 10 heteroatoms. The van der Waals surface area contributed by atoms with Crippen molar-refractivity contribution in [2.24, 2.45) is 0 Å². The summed E-state index contributed by atoms with van der Waals surface area (Å²) in [7, 11) is -2.53. The van der Waals surface area contributed by atoms with Gasteiger partial charge in [0.15, 0.2) is 0 Å². The first-order valence-corrected chi connectivity index (χ1v) is 12.2. The zero-order valence-electron chi connectivity index (χ0n) is 17.7. The molecule has 0 heterocycles. The number of benzene rings is 2. The van der Waals surface area contributed by atoms with Crippen LogP contribution in [0.3, 0.4) is 0 Å². The second-order valence-electron chi connectivity index (χ2n) is 7.59. The largest absolute Gasteiger partial charge is 0.496 e. The summed E-state index contributed by atoms with van der Waals surface area (Å²) in [4.78, 5) is 24.5. The van der Waals surface area contributed by atoms with Crippen molar-refractivity contribution in [2.75, 3.05) is 7.11 Å². The van der Waals surface area contributed by atoms with Gasteiger partial charge in [-0.25, -0.2) is 17.9 Å². The number of halogens is 1. The Morgan fingerprint density at radius 2 is 1.75 bits per heavy atom. The molecule has 1 saturated carbocycles. The highest BCUT2D eigenvalue weighted by Crippen LogP contribution is 2.22. The molecule has 3 N–H and O–H groups in total. The van der Waals surface area contributed by atoms with Crippen LogP contribution >= 0.6 is 11.6 Å². The van der Waals surface area contributed by atoms with Crippen LogP contribution in [0.1, 0.15) is 48.0 Å². The summed E-state index contributed by atoms with van der Waals surface area (Å²) in [5.41, 5.74) is 0.984. The van der Waals surface area contributed by atoms with E-state index in [1.807, 2.05) is 0 Å². The molecule has 0 atom stereocenters. The topological polar surface area (TPSA) is 114 Å². The Bertz CT molecular complexity index is 1070. The van der Waals surface area contributed by atoms with Crippen LogP contribution in [0.25, 0.3) is 0 Å². The molecule has 0 unspecified atom stereocenters. The fraction of sp³-hybridized carbons (Fsp3) is 0.364. The van der Waals surface area contributed by atoms with Gasteiger partial charge in [0, 0.05) is 17.6 Å². The minimum absolute atomic E-state index is 0.00283. The number of ether oxygens (including phenoxy) is 1. The Labute approximate surface area is 192 Å². The normalized spacial score (nSPS) is 14.4. The van der Waals surface area contributed by atoms with Gasteiger partial charge in [-0.3, -0.25) is 4.79 Å². The summed E-state index contributed by atoms with van der Waals surface area (Å²) in [5.74, 6) is 0.0213. The molecule has 32 heavy (non-hydrogen) atoms. The molecule has 1 aliphatic rings. The number of carbonyl (C=O) groups excluding carboxylic acids is 2. The highest BCUT2D eigenvalue weighted by Gasteiger charge is 2.21. The van der Waals surface area contributed by atoms with E-state index < -0.39 is 16.1 Å². The Kier molecular flexibility index (Phi) is 7.98. The summed E-state index contributed by atoms with van der Waals surface area (Å²) in [6.45, 7) is 0.171. The van der Waals surface area contributed by atoms with Crippen molar-refractivity contribution in [1.29, 1.82) is 0 Å². The summed E-state index contributed by atoms with van der Waals surface area (Å²) < 4.78 is 32.2. The predicted molar refractivity (Wildman–Crippen MR) is 121 cm³/mol. The van der Waals surface area contributed by atoms with E-state index in [1.165, 1.54) is 25.3 Å². The van der Waals surface area contributed by atoms with Gasteiger partial charge in [0.2, 0.25) is 0 Å². The highest BCUT2D eigenvalue weighted by molar-refractivity contribution is 7.90. The summed E-state index contributed by atoms with van der Waals surface area (Å²) in [5, 5.41) is 5.88. The monoisotopic (exact) mass is 479 g/mol. The van der Waals surface area contributed by atoms with E-state index in [2.05, 4.69) is 15.4 Å². The first-order chi connectivity index (χ1) is 15.3. The van der Waals surface area contributed by atoms with Crippen molar-refractivity contribution < 1.29 is 22.7 Å². The van der Waals surface area contributed by atoms with Gasteiger partial charge in [-0.05, 0) is 48.7 Å². The van der Waals surface area contributed by atoms with E-state index in [0.29, 0.717) is 21.9 Å². The van der Waals surface area contributed by atoms with Crippen LogP contribution in [0.5, 0.6) is 5.75 Å². The van der Waals surface area contributed by atoms with Gasteiger partial charge in [0.1, 0.15) is 5.75 Å². The fourth-order valence-corrected chi connectivity index (χ4v) is 4.65. The Balaban J connectivity index is 1.57. The zero-order valence-corrected chi connectivity index (χ0v) is 19.3. The van der Waals surface area contributed by atoms with Crippen molar-refractivity contribution >= 4 is 33.6 Å². The summed E-state index contributed by atoms with van der Waals surface area (Å²) in [6.07, 6.45) is 4.90. The molecule has 0 spiro atoms. The molecule has 1 fully saturated rings. The smallest absolute Gasteiger partial charge is 0.328 e. The lowest BCUT2D eigenvalue weighted by Crippen LogP contribution is -2.45. The summed E-state index contributed by atoms with van der Waals surface area (Å²) >= 11 is 5.96. The fourth-order valence-electron chi connectivity index (χ4n) is 3.56. The van der Waals surface area contributed by atoms with Gasteiger partial charge in [-0.2, -0.15) is 0 Å². The lowest BCUT2D eigenvalue weighted by molar-refractivity contribution is 0.0948. The van der Waals surface area contributed by atoms with Gasteiger partial charge in [-0.1, -0.05) is 43.0 Å². The molecule has 3 amide bonds. The summed E-state index contributed by atoms with van der Waals surface area (Å²) in [6, 6.07) is 9.94. The Hall–Kier alpha value is -2.78. The van der Waals surface area contributed by atoms with Gasteiger partial charge in [0.05, 0.1) is 17.6 Å². The number of methoxy groups -OCH3 is 1. The van der Waals surface area contributed by atoms with Crippen molar-refractivity contribution in [1.82, 2.24) is 15.4 Å². The zero-order chi connectivity index (χ0) is 23.1. The minimum Gasteiger partial charge on any atom is -0.496 e. The first-order valence-electron chi connectivity index (χ1n) is 10.3. The number of hydrogen-bond acceptors (Lipinski definition) is 5. The molecule has 2 aromatic rings. The van der Waals surface area contributed by atoms with Crippen LogP contribution < -0.4 is 20.1 Å². The van der Waals surface area contributed by atoms with Crippen LogP contribution in [-0.4, -0.2) is 33.5 Å². The maximum atomic E-state index is 12.5. The minimum atomic E-state index is -4.00. The van der Waals surface area contributed by atoms with E-state index in [1.54, 1.807) is 24.3 Å². The molecule has 1 aliphatic carbocycles. The second-order valence-corrected chi connectivity index (χ2v) is 9.70. The Morgan fingerprint density at radius 3 is 2.41 bits per heavy atom. The maximum Gasteiger partial charge on any atom is 0.328 e. The van der Waals surface area contributed by atoms with Gasteiger partial charge >= 0.3 is 6.03 Å². The third kappa shape index (κ3) is 6.37. The van der Waals surface area contributed by atoms with E-state index in [9.17, 15) is 18.0 Å². The number of sulfonamides is 1.